The third-order valence-corrected chi connectivity index (χ3v) is 5.37. The first kappa shape index (κ1) is 22.5. The average molecular weight is 477 g/mol. The molecule has 1 fully saturated rings. The number of esters is 1. The van der Waals surface area contributed by atoms with E-state index in [1.54, 1.807) is 37.3 Å². The Morgan fingerprint density at radius 1 is 1.15 bits per heavy atom. The smallest absolute Gasteiger partial charge is 0.418 e. The van der Waals surface area contributed by atoms with Crippen molar-refractivity contribution in [1.29, 1.82) is 0 Å². The van der Waals surface area contributed by atoms with Gasteiger partial charge < -0.3 is 14.4 Å². The summed E-state index contributed by atoms with van der Waals surface area (Å²) in [6.07, 6.45) is -0.783. The molecule has 0 radical (unpaired) electrons. The normalized spacial score (nSPS) is 19.2. The number of carbonyl (C=O) groups is 3. The molecule has 0 aliphatic carbocycles. The maximum absolute atomic E-state index is 12.8. The molecule has 4 rings (SSSR count). The molecule has 2 unspecified atom stereocenters. The Hall–Kier alpha value is -3.68. The van der Waals surface area contributed by atoms with Crippen molar-refractivity contribution in [2.24, 2.45) is 0 Å². The molecule has 33 heavy (non-hydrogen) atoms. The van der Waals surface area contributed by atoms with Crippen LogP contribution in [0, 0.1) is 0 Å². The van der Waals surface area contributed by atoms with Gasteiger partial charge in [0.2, 0.25) is 0 Å². The second kappa shape index (κ2) is 8.69. The number of ether oxygens (including phenoxy) is 2. The van der Waals surface area contributed by atoms with Gasteiger partial charge in [0, 0.05) is 5.69 Å². The summed E-state index contributed by atoms with van der Waals surface area (Å²) >= 11 is 0. The van der Waals surface area contributed by atoms with Crippen molar-refractivity contribution in [2.75, 3.05) is 18.5 Å². The van der Waals surface area contributed by atoms with Gasteiger partial charge >= 0.3 is 28.5 Å². The molecular formula is C20H19N3O9S. The van der Waals surface area contributed by atoms with Gasteiger partial charge in [0.15, 0.2) is 6.04 Å². The quantitative estimate of drug-likeness (QED) is 0.472. The van der Waals surface area contributed by atoms with Crippen molar-refractivity contribution in [3.8, 4) is 5.75 Å². The molecule has 2 heterocycles. The summed E-state index contributed by atoms with van der Waals surface area (Å²) in [6, 6.07) is 9.77. The molecule has 12 nitrogen and oxygen atoms in total. The van der Waals surface area contributed by atoms with Crippen LogP contribution < -0.4 is 10.1 Å². The zero-order valence-electron chi connectivity index (χ0n) is 17.2. The number of rotatable bonds is 6. The van der Waals surface area contributed by atoms with Crippen LogP contribution in [0.5, 0.6) is 5.75 Å². The molecule has 174 valence electrons. The van der Waals surface area contributed by atoms with Gasteiger partial charge in [-0.3, -0.25) is 9.87 Å². The van der Waals surface area contributed by atoms with E-state index in [4.69, 9.17) is 14.0 Å². The van der Waals surface area contributed by atoms with Gasteiger partial charge in [0.1, 0.15) is 11.8 Å². The molecule has 13 heteroatoms. The van der Waals surface area contributed by atoms with Crippen molar-refractivity contribution in [1.82, 2.24) is 9.96 Å². The highest BCUT2D eigenvalue weighted by molar-refractivity contribution is 7.80. The van der Waals surface area contributed by atoms with Gasteiger partial charge in [0.25, 0.3) is 0 Å². The topological polar surface area (TPSA) is 152 Å². The van der Waals surface area contributed by atoms with E-state index in [0.29, 0.717) is 21.9 Å². The monoisotopic (exact) mass is 477 g/mol. The second-order valence-electron chi connectivity index (χ2n) is 7.10. The molecule has 0 aromatic heterocycles. The lowest BCUT2D eigenvalue weighted by molar-refractivity contribution is -0.148. The highest BCUT2D eigenvalue weighted by Crippen LogP contribution is 2.45. The number of hydrogen-bond acceptors (Lipinski definition) is 8. The standard InChI is InChI=1S/C20H19N3O9S/c1-2-30-18(24)17-14-9-8-13(31-19(25)21-12-6-4-3-5-7-12)10-15(14)16-11-22(17)20(26)23(16)32-33(27,28)29/h3-10,16-17H,2,11H2,1H3,(H,21,25)(H,27,28,29). The van der Waals surface area contributed by atoms with E-state index < -0.39 is 40.6 Å². The average Bonchev–Trinajstić information content (AvgIpc) is 3.01. The summed E-state index contributed by atoms with van der Waals surface area (Å²) < 4.78 is 46.5. The van der Waals surface area contributed by atoms with Crippen molar-refractivity contribution >= 4 is 34.2 Å². The lowest BCUT2D eigenvalue weighted by atomic mass is 9.91. The number of hydrogen-bond donors (Lipinski definition) is 2. The van der Waals surface area contributed by atoms with Crippen LogP contribution in [0.25, 0.3) is 0 Å². The summed E-state index contributed by atoms with van der Waals surface area (Å²) in [5, 5.41) is 3.01. The third-order valence-electron chi connectivity index (χ3n) is 5.03. The van der Waals surface area contributed by atoms with E-state index in [2.05, 4.69) is 9.60 Å². The number of anilines is 1. The first-order valence-electron chi connectivity index (χ1n) is 9.79. The van der Waals surface area contributed by atoms with E-state index in [1.165, 1.54) is 18.2 Å². The number of hydroxylamine groups is 2. The molecular weight excluding hydrogens is 458 g/mol. The number of carbonyl (C=O) groups excluding carboxylic acids is 3. The van der Waals surface area contributed by atoms with E-state index in [0.717, 1.165) is 4.90 Å². The first-order chi connectivity index (χ1) is 15.7. The summed E-state index contributed by atoms with van der Waals surface area (Å²) in [5.41, 5.74) is 1.15. The molecule has 1 saturated heterocycles. The van der Waals surface area contributed by atoms with E-state index in [-0.39, 0.29) is 18.9 Å². The minimum atomic E-state index is -5.03. The predicted molar refractivity (Wildman–Crippen MR) is 111 cm³/mol. The largest absolute Gasteiger partial charge is 0.464 e. The van der Waals surface area contributed by atoms with Crippen LogP contribution >= 0.6 is 0 Å². The summed E-state index contributed by atoms with van der Waals surface area (Å²) in [6.45, 7) is 1.54. The van der Waals surface area contributed by atoms with Gasteiger partial charge in [-0.25, -0.2) is 14.4 Å². The zero-order valence-corrected chi connectivity index (χ0v) is 18.0. The van der Waals surface area contributed by atoms with Crippen LogP contribution in [0.2, 0.25) is 0 Å². The Kier molecular flexibility index (Phi) is 5.93. The van der Waals surface area contributed by atoms with Crippen LogP contribution in [0.1, 0.15) is 30.1 Å². The van der Waals surface area contributed by atoms with Crippen molar-refractivity contribution in [2.45, 2.75) is 19.0 Å². The number of nitrogens with one attached hydrogen (secondary N) is 1. The van der Waals surface area contributed by atoms with Gasteiger partial charge in [-0.05, 0) is 42.3 Å². The van der Waals surface area contributed by atoms with Gasteiger partial charge in [-0.2, -0.15) is 13.5 Å². The van der Waals surface area contributed by atoms with Crippen LogP contribution in [-0.2, 0) is 24.2 Å². The van der Waals surface area contributed by atoms with Crippen LogP contribution in [0.3, 0.4) is 0 Å². The Balaban J connectivity index is 1.67. The predicted octanol–water partition coefficient (Wildman–Crippen LogP) is 2.43. The molecule has 2 bridgehead atoms. The number of fused-ring (bicyclic) bond motifs is 4. The molecule has 0 spiro atoms. The Labute approximate surface area is 188 Å². The lowest BCUT2D eigenvalue weighted by Gasteiger charge is -2.31. The Morgan fingerprint density at radius 2 is 1.88 bits per heavy atom. The molecule has 2 aromatic rings. The van der Waals surface area contributed by atoms with Gasteiger partial charge in [0.05, 0.1) is 13.2 Å². The maximum Gasteiger partial charge on any atom is 0.418 e. The SMILES string of the molecule is CCOC(=O)C1c2ccc(OC(=O)Nc3ccccc3)cc2C2CN1C(=O)N2OS(=O)(=O)O. The van der Waals surface area contributed by atoms with Gasteiger partial charge in [-0.15, -0.1) is 4.28 Å². The lowest BCUT2D eigenvalue weighted by Crippen LogP contribution is -2.39. The minimum absolute atomic E-state index is 0.0577. The fourth-order valence-corrected chi connectivity index (χ4v) is 4.16. The van der Waals surface area contributed by atoms with Crippen LogP contribution in [-0.4, -0.2) is 54.2 Å². The number of urea groups is 1. The Morgan fingerprint density at radius 3 is 2.55 bits per heavy atom. The highest BCUT2D eigenvalue weighted by Gasteiger charge is 2.52. The van der Waals surface area contributed by atoms with Crippen molar-refractivity contribution in [3.63, 3.8) is 0 Å². The first-order valence-corrected chi connectivity index (χ1v) is 11.2. The van der Waals surface area contributed by atoms with E-state index in [1.807, 2.05) is 0 Å². The summed E-state index contributed by atoms with van der Waals surface area (Å²) in [7, 11) is -5.03. The van der Waals surface area contributed by atoms with Crippen LogP contribution in [0.4, 0.5) is 15.3 Å². The minimum Gasteiger partial charge on any atom is -0.464 e. The molecule has 3 amide bonds. The second-order valence-corrected chi connectivity index (χ2v) is 8.11. The van der Waals surface area contributed by atoms with Crippen molar-refractivity contribution < 1.29 is 41.1 Å². The molecule has 0 saturated carbocycles. The van der Waals surface area contributed by atoms with E-state index >= 15 is 0 Å². The number of amides is 3. The highest BCUT2D eigenvalue weighted by atomic mass is 32.3. The molecule has 2 atom stereocenters. The zero-order chi connectivity index (χ0) is 23.8. The molecule has 2 aliphatic rings. The Bertz CT molecular complexity index is 1200. The van der Waals surface area contributed by atoms with Gasteiger partial charge in [-0.1, -0.05) is 24.3 Å². The van der Waals surface area contributed by atoms with Crippen LogP contribution in [0.15, 0.2) is 48.5 Å². The molecule has 2 aliphatic heterocycles. The third kappa shape index (κ3) is 4.60. The van der Waals surface area contributed by atoms with E-state index in [9.17, 15) is 22.8 Å². The fourth-order valence-electron chi connectivity index (χ4n) is 3.79. The number of nitrogens with zero attached hydrogens (tertiary/aromatic N) is 2. The maximum atomic E-state index is 12.8. The summed E-state index contributed by atoms with van der Waals surface area (Å²) in [5.74, 6) is -0.654. The molecule has 2 N–H and O–H groups in total. The number of benzene rings is 2. The summed E-state index contributed by atoms with van der Waals surface area (Å²) in [4.78, 5) is 38.7. The molecule has 2 aromatic carbocycles. The van der Waals surface area contributed by atoms with Crippen molar-refractivity contribution in [3.05, 3.63) is 59.7 Å². The number of para-hydroxylation sites is 1. The fraction of sp³-hybridized carbons (Fsp3) is 0.250.